The molecule has 2 heterocycles. The summed E-state index contributed by atoms with van der Waals surface area (Å²) in [5.74, 6) is -0.239. The molecule has 5 nitrogen and oxygen atoms in total. The maximum Gasteiger partial charge on any atom is 0.250 e. The van der Waals surface area contributed by atoms with Crippen molar-refractivity contribution in [3.8, 4) is 0 Å². The van der Waals surface area contributed by atoms with E-state index >= 15 is 0 Å². The van der Waals surface area contributed by atoms with Gasteiger partial charge in [-0.05, 0) is 25.5 Å². The maximum atomic E-state index is 12.7. The van der Waals surface area contributed by atoms with Gasteiger partial charge in [-0.3, -0.25) is 9.78 Å². The van der Waals surface area contributed by atoms with Gasteiger partial charge in [-0.15, -0.1) is 0 Å². The van der Waals surface area contributed by atoms with E-state index in [1.54, 1.807) is 31.5 Å². The predicted molar refractivity (Wildman–Crippen MR) is 87.6 cm³/mol. The molecule has 0 saturated carbocycles. The number of hydrogen-bond acceptors (Lipinski definition) is 4. The first-order chi connectivity index (χ1) is 11.0. The van der Waals surface area contributed by atoms with Gasteiger partial charge in [-0.2, -0.15) is 10.1 Å². The average molecular weight is 309 g/mol. The Morgan fingerprint density at radius 3 is 2.65 bits per heavy atom. The van der Waals surface area contributed by atoms with Crippen LogP contribution < -0.4 is 0 Å². The summed E-state index contributed by atoms with van der Waals surface area (Å²) in [6, 6.07) is 11.3. The zero-order valence-corrected chi connectivity index (χ0v) is 13.2. The number of carbonyl (C=O) groups is 1. The Bertz CT molecular complexity index is 741. The van der Waals surface area contributed by atoms with Gasteiger partial charge in [0.25, 0.3) is 0 Å². The number of aryl methyl sites for hydroxylation is 1. The normalized spacial score (nSPS) is 20.5. The summed E-state index contributed by atoms with van der Waals surface area (Å²) in [6.07, 6.45) is 3.69. The second-order valence-corrected chi connectivity index (χ2v) is 5.94. The van der Waals surface area contributed by atoms with E-state index in [1.165, 1.54) is 5.01 Å². The molecule has 1 N–H and O–H groups in total. The van der Waals surface area contributed by atoms with Crippen molar-refractivity contribution in [1.29, 1.82) is 0 Å². The summed E-state index contributed by atoms with van der Waals surface area (Å²) in [7, 11) is 0. The third-order valence-electron chi connectivity index (χ3n) is 3.96. The number of aromatic nitrogens is 1. The van der Waals surface area contributed by atoms with Gasteiger partial charge < -0.3 is 5.11 Å². The van der Waals surface area contributed by atoms with Crippen LogP contribution in [0.2, 0.25) is 0 Å². The molecule has 23 heavy (non-hydrogen) atoms. The highest BCUT2D eigenvalue weighted by atomic mass is 16.3. The van der Waals surface area contributed by atoms with Crippen molar-refractivity contribution in [3.63, 3.8) is 0 Å². The molecule has 0 spiro atoms. The molecule has 1 aromatic carbocycles. The third kappa shape index (κ3) is 3.00. The highest BCUT2D eigenvalue weighted by Gasteiger charge is 2.44. The second kappa shape index (κ2) is 5.93. The Morgan fingerprint density at radius 2 is 2.00 bits per heavy atom. The van der Waals surface area contributed by atoms with E-state index in [9.17, 15) is 9.90 Å². The fraction of sp³-hybridized carbons (Fsp3) is 0.278. The van der Waals surface area contributed by atoms with Gasteiger partial charge in [0, 0.05) is 30.1 Å². The molecule has 0 saturated heterocycles. The van der Waals surface area contributed by atoms with Crippen LogP contribution in [0, 0.1) is 6.92 Å². The third-order valence-corrected chi connectivity index (χ3v) is 3.96. The summed E-state index contributed by atoms with van der Waals surface area (Å²) in [5.41, 5.74) is 1.86. The van der Waals surface area contributed by atoms with Crippen LogP contribution in [0.1, 0.15) is 30.0 Å². The van der Waals surface area contributed by atoms with Crippen molar-refractivity contribution in [1.82, 2.24) is 9.99 Å². The van der Waals surface area contributed by atoms with E-state index in [0.717, 1.165) is 11.1 Å². The monoisotopic (exact) mass is 309 g/mol. The van der Waals surface area contributed by atoms with Crippen LogP contribution in [0.3, 0.4) is 0 Å². The summed E-state index contributed by atoms with van der Waals surface area (Å²) in [6.45, 7) is 3.81. The van der Waals surface area contributed by atoms with E-state index in [0.29, 0.717) is 17.7 Å². The van der Waals surface area contributed by atoms with Crippen molar-refractivity contribution in [2.45, 2.75) is 32.4 Å². The minimum Gasteiger partial charge on any atom is -0.365 e. The molecular weight excluding hydrogens is 290 g/mol. The molecule has 3 rings (SSSR count). The van der Waals surface area contributed by atoms with Crippen LogP contribution in [0.4, 0.5) is 0 Å². The van der Waals surface area contributed by atoms with E-state index < -0.39 is 5.72 Å². The maximum absolute atomic E-state index is 12.7. The number of pyridine rings is 1. The molecule has 0 radical (unpaired) electrons. The smallest absolute Gasteiger partial charge is 0.250 e. The number of carbonyl (C=O) groups excluding carboxylic acids is 1. The molecule has 1 aliphatic rings. The van der Waals surface area contributed by atoms with Gasteiger partial charge in [0.15, 0.2) is 5.72 Å². The molecular formula is C18H19N3O2. The lowest BCUT2D eigenvalue weighted by Crippen LogP contribution is -2.44. The van der Waals surface area contributed by atoms with Gasteiger partial charge >= 0.3 is 0 Å². The molecule has 1 aromatic heterocycles. The van der Waals surface area contributed by atoms with E-state index in [2.05, 4.69) is 10.1 Å². The molecule has 1 atom stereocenters. The largest absolute Gasteiger partial charge is 0.365 e. The van der Waals surface area contributed by atoms with Crippen LogP contribution >= 0.6 is 0 Å². The molecule has 5 heteroatoms. The molecule has 0 aliphatic carbocycles. The lowest BCUT2D eigenvalue weighted by molar-refractivity contribution is -0.157. The van der Waals surface area contributed by atoms with Crippen molar-refractivity contribution in [3.05, 3.63) is 65.5 Å². The Labute approximate surface area is 135 Å². The molecule has 1 aliphatic heterocycles. The van der Waals surface area contributed by atoms with Gasteiger partial charge in [0.1, 0.15) is 0 Å². The number of rotatable bonds is 3. The first-order valence-electron chi connectivity index (χ1n) is 7.54. The number of aliphatic hydroxyl groups is 1. The van der Waals surface area contributed by atoms with Crippen molar-refractivity contribution in [2.75, 3.05) is 0 Å². The summed E-state index contributed by atoms with van der Waals surface area (Å²) in [5, 5.41) is 16.5. The lowest BCUT2D eigenvalue weighted by atomic mass is 9.99. The Kier molecular flexibility index (Phi) is 3.96. The molecule has 2 aromatic rings. The van der Waals surface area contributed by atoms with E-state index in [1.807, 2.05) is 31.2 Å². The molecule has 118 valence electrons. The second-order valence-electron chi connectivity index (χ2n) is 5.94. The zero-order chi connectivity index (χ0) is 16.4. The number of hydrazone groups is 1. The topological polar surface area (TPSA) is 65.8 Å². The minimum atomic E-state index is -1.46. The van der Waals surface area contributed by atoms with Gasteiger partial charge in [0.2, 0.25) is 5.91 Å². The predicted octanol–water partition coefficient (Wildman–Crippen LogP) is 2.39. The summed E-state index contributed by atoms with van der Waals surface area (Å²) in [4.78, 5) is 16.7. The molecule has 0 fully saturated rings. The van der Waals surface area contributed by atoms with Crippen LogP contribution in [0.5, 0.6) is 0 Å². The SMILES string of the molecule is CC1=NN(C(=O)Cc2ccc(C)cc2)[C@@](O)(c2cccnc2)C1. The van der Waals surface area contributed by atoms with Crippen LogP contribution in [0.15, 0.2) is 53.9 Å². The van der Waals surface area contributed by atoms with E-state index in [-0.39, 0.29) is 12.3 Å². The van der Waals surface area contributed by atoms with Crippen molar-refractivity contribution >= 4 is 11.6 Å². The van der Waals surface area contributed by atoms with Gasteiger partial charge in [0.05, 0.1) is 6.42 Å². The number of nitrogens with zero attached hydrogens (tertiary/aromatic N) is 3. The lowest BCUT2D eigenvalue weighted by Gasteiger charge is -2.31. The first kappa shape index (κ1) is 15.4. The standard InChI is InChI=1S/C18H19N3O2/c1-13-5-7-15(8-6-13)10-17(22)21-18(23,11-14(2)20-21)16-4-3-9-19-12-16/h3-9,12,23H,10-11H2,1-2H3/t18-/m0/s1. The fourth-order valence-electron chi connectivity index (χ4n) is 2.76. The molecule has 0 bridgehead atoms. The highest BCUT2D eigenvalue weighted by molar-refractivity contribution is 5.89. The first-order valence-corrected chi connectivity index (χ1v) is 7.54. The number of hydrogen-bond donors (Lipinski definition) is 1. The van der Waals surface area contributed by atoms with Crippen molar-refractivity contribution < 1.29 is 9.90 Å². The highest BCUT2D eigenvalue weighted by Crippen LogP contribution is 2.35. The Morgan fingerprint density at radius 1 is 1.26 bits per heavy atom. The van der Waals surface area contributed by atoms with Crippen LogP contribution in [-0.2, 0) is 16.9 Å². The average Bonchev–Trinajstić information content (AvgIpc) is 2.87. The van der Waals surface area contributed by atoms with Crippen LogP contribution in [0.25, 0.3) is 0 Å². The van der Waals surface area contributed by atoms with Crippen molar-refractivity contribution in [2.24, 2.45) is 5.10 Å². The molecule has 1 amide bonds. The van der Waals surface area contributed by atoms with Gasteiger partial charge in [-0.25, -0.2) is 0 Å². The zero-order valence-electron chi connectivity index (χ0n) is 13.2. The Hall–Kier alpha value is -2.53. The number of benzene rings is 1. The quantitative estimate of drug-likeness (QED) is 0.946. The summed E-state index contributed by atoms with van der Waals surface area (Å²) < 4.78 is 0. The Balaban J connectivity index is 1.86. The van der Waals surface area contributed by atoms with Gasteiger partial charge in [-0.1, -0.05) is 35.9 Å². The number of amides is 1. The van der Waals surface area contributed by atoms with E-state index in [4.69, 9.17) is 0 Å². The fourth-order valence-corrected chi connectivity index (χ4v) is 2.76. The summed E-state index contributed by atoms with van der Waals surface area (Å²) >= 11 is 0. The van der Waals surface area contributed by atoms with Crippen LogP contribution in [-0.4, -0.2) is 26.7 Å². The minimum absolute atomic E-state index is 0.194. The molecule has 0 unspecified atom stereocenters.